The monoisotopic (exact) mass is 418 g/mol. The average molecular weight is 419 g/mol. The molecule has 0 aliphatic carbocycles. The van der Waals surface area contributed by atoms with Gasteiger partial charge in [0.05, 0.1) is 19.9 Å². The third-order valence-corrected chi connectivity index (χ3v) is 6.01. The maximum atomic E-state index is 12.8. The number of hydrogen-bond donors (Lipinski definition) is 1. The molecule has 0 spiro atoms. The Morgan fingerprint density at radius 1 is 1.14 bits per heavy atom. The van der Waals surface area contributed by atoms with Gasteiger partial charge in [0.1, 0.15) is 10.6 Å². The fraction of sp³-hybridized carbons (Fsp3) is 0.300. The number of sulfonamides is 1. The van der Waals surface area contributed by atoms with Gasteiger partial charge in [0, 0.05) is 26.8 Å². The number of hydrazone groups is 1. The molecule has 0 saturated heterocycles. The topological polar surface area (TPSA) is 91.3 Å². The molecule has 29 heavy (non-hydrogen) atoms. The number of hydrogen-bond acceptors (Lipinski definition) is 6. The lowest BCUT2D eigenvalue weighted by Gasteiger charge is -2.18. The molecule has 0 fully saturated rings. The Hall–Kier alpha value is -2.91. The molecule has 0 saturated carbocycles. The number of anilines is 1. The largest absolute Gasteiger partial charge is 0.495 e. The van der Waals surface area contributed by atoms with Gasteiger partial charge >= 0.3 is 0 Å². The number of carbonyl (C=O) groups excluding carboxylic acids is 1. The summed E-state index contributed by atoms with van der Waals surface area (Å²) < 4.78 is 31.7. The summed E-state index contributed by atoms with van der Waals surface area (Å²) in [7, 11) is 2.72. The van der Waals surface area contributed by atoms with Gasteiger partial charge < -0.3 is 9.64 Å². The van der Waals surface area contributed by atoms with E-state index < -0.39 is 15.9 Å². The van der Waals surface area contributed by atoms with Gasteiger partial charge in [-0.3, -0.25) is 4.79 Å². The summed E-state index contributed by atoms with van der Waals surface area (Å²) in [6.45, 7) is 1.40. The molecule has 2 rings (SSSR count). The minimum Gasteiger partial charge on any atom is -0.495 e. The number of nitrogens with zero attached hydrogens (tertiary/aromatic N) is 3. The standard InChI is InChI=1S/C20H26N4O4S/c1-15-6-11-18(28-5)19(12-15)29(26,27)24(4)14-20(25)22-21-13-16-7-9-17(10-8-16)23(2)3/h6-13H,14H2,1-5H3,(H,22,25)/b21-13-. The zero-order valence-corrected chi connectivity index (χ0v) is 18.0. The van der Waals surface area contributed by atoms with Crippen LogP contribution >= 0.6 is 0 Å². The lowest BCUT2D eigenvalue weighted by atomic mass is 10.2. The highest BCUT2D eigenvalue weighted by Crippen LogP contribution is 2.27. The van der Waals surface area contributed by atoms with Gasteiger partial charge in [-0.2, -0.15) is 9.41 Å². The van der Waals surface area contributed by atoms with Gasteiger partial charge in [0.25, 0.3) is 5.91 Å². The van der Waals surface area contributed by atoms with Crippen molar-refractivity contribution in [2.24, 2.45) is 5.10 Å². The van der Waals surface area contributed by atoms with Crippen LogP contribution in [0.3, 0.4) is 0 Å². The summed E-state index contributed by atoms with van der Waals surface area (Å²) in [5.41, 5.74) is 4.97. The van der Waals surface area contributed by atoms with Crippen LogP contribution in [0.4, 0.5) is 5.69 Å². The molecule has 0 unspecified atom stereocenters. The fourth-order valence-electron chi connectivity index (χ4n) is 2.51. The minimum absolute atomic E-state index is 0.0137. The number of amides is 1. The quantitative estimate of drug-likeness (QED) is 0.522. The van der Waals surface area contributed by atoms with Crippen molar-refractivity contribution in [2.45, 2.75) is 11.8 Å². The van der Waals surface area contributed by atoms with Crippen LogP contribution in [0.5, 0.6) is 5.75 Å². The highest BCUT2D eigenvalue weighted by Gasteiger charge is 2.26. The van der Waals surface area contributed by atoms with Crippen molar-refractivity contribution in [3.63, 3.8) is 0 Å². The number of rotatable bonds is 8. The Morgan fingerprint density at radius 2 is 1.79 bits per heavy atom. The molecule has 0 bridgehead atoms. The molecule has 0 aliphatic heterocycles. The summed E-state index contributed by atoms with van der Waals surface area (Å²) in [6, 6.07) is 12.4. The normalized spacial score (nSPS) is 11.7. The van der Waals surface area contributed by atoms with Crippen LogP contribution in [0.15, 0.2) is 52.5 Å². The van der Waals surface area contributed by atoms with Gasteiger partial charge in [0.15, 0.2) is 0 Å². The van der Waals surface area contributed by atoms with E-state index in [0.717, 1.165) is 21.1 Å². The minimum atomic E-state index is -3.90. The molecular weight excluding hydrogens is 392 g/mol. The molecular formula is C20H26N4O4S. The van der Waals surface area contributed by atoms with E-state index in [4.69, 9.17) is 4.74 Å². The zero-order chi connectivity index (χ0) is 21.6. The summed E-state index contributed by atoms with van der Waals surface area (Å²) in [6.07, 6.45) is 1.50. The van der Waals surface area contributed by atoms with E-state index in [1.165, 1.54) is 26.4 Å². The average Bonchev–Trinajstić information content (AvgIpc) is 2.68. The van der Waals surface area contributed by atoms with Crippen molar-refractivity contribution >= 4 is 27.8 Å². The fourth-order valence-corrected chi connectivity index (χ4v) is 3.88. The van der Waals surface area contributed by atoms with Crippen molar-refractivity contribution in [3.8, 4) is 5.75 Å². The Bertz CT molecular complexity index is 986. The Balaban J connectivity index is 2.02. The number of carbonyl (C=O) groups is 1. The number of nitrogens with one attached hydrogen (secondary N) is 1. The number of methoxy groups -OCH3 is 1. The van der Waals surface area contributed by atoms with Crippen LogP contribution in [-0.2, 0) is 14.8 Å². The molecule has 0 aromatic heterocycles. The van der Waals surface area contributed by atoms with E-state index >= 15 is 0 Å². The second-order valence-corrected chi connectivity index (χ2v) is 8.71. The first-order chi connectivity index (χ1) is 13.6. The van der Waals surface area contributed by atoms with Crippen molar-refractivity contribution < 1.29 is 17.9 Å². The molecule has 0 aliphatic rings. The molecule has 8 nitrogen and oxygen atoms in total. The van der Waals surface area contributed by atoms with E-state index in [-0.39, 0.29) is 17.2 Å². The molecule has 9 heteroatoms. The molecule has 0 heterocycles. The van der Waals surface area contributed by atoms with E-state index in [9.17, 15) is 13.2 Å². The lowest BCUT2D eigenvalue weighted by molar-refractivity contribution is -0.121. The third kappa shape index (κ3) is 5.78. The van der Waals surface area contributed by atoms with Crippen LogP contribution in [0.2, 0.25) is 0 Å². The molecule has 0 atom stereocenters. The number of benzene rings is 2. The summed E-state index contributed by atoms with van der Waals surface area (Å²) in [4.78, 5) is 14.1. The number of aryl methyl sites for hydroxylation is 1. The predicted octanol–water partition coefficient (Wildman–Crippen LogP) is 1.84. The van der Waals surface area contributed by atoms with Crippen molar-refractivity contribution in [2.75, 3.05) is 39.7 Å². The van der Waals surface area contributed by atoms with Crippen LogP contribution in [-0.4, -0.2) is 59.6 Å². The molecule has 2 aromatic carbocycles. The predicted molar refractivity (Wildman–Crippen MR) is 114 cm³/mol. The van der Waals surface area contributed by atoms with Gasteiger partial charge in [0.2, 0.25) is 10.0 Å². The number of ether oxygens (including phenoxy) is 1. The Kier molecular flexibility index (Phi) is 7.35. The van der Waals surface area contributed by atoms with Crippen molar-refractivity contribution in [1.82, 2.24) is 9.73 Å². The van der Waals surface area contributed by atoms with E-state index in [0.29, 0.717) is 0 Å². The summed E-state index contributed by atoms with van der Waals surface area (Å²) in [5.74, 6) is -0.328. The summed E-state index contributed by atoms with van der Waals surface area (Å²) >= 11 is 0. The first-order valence-corrected chi connectivity index (χ1v) is 10.3. The van der Waals surface area contributed by atoms with Crippen molar-refractivity contribution in [1.29, 1.82) is 0 Å². The summed E-state index contributed by atoms with van der Waals surface area (Å²) in [5, 5.41) is 3.89. The molecule has 2 aromatic rings. The van der Waals surface area contributed by atoms with Gasteiger partial charge in [-0.1, -0.05) is 18.2 Å². The highest BCUT2D eigenvalue weighted by atomic mass is 32.2. The molecule has 156 valence electrons. The van der Waals surface area contributed by atoms with Crippen LogP contribution in [0, 0.1) is 6.92 Å². The first kappa shape index (κ1) is 22.4. The second kappa shape index (κ2) is 9.53. The van der Waals surface area contributed by atoms with Crippen LogP contribution in [0.25, 0.3) is 0 Å². The second-order valence-electron chi connectivity index (χ2n) is 6.69. The smallest absolute Gasteiger partial charge is 0.255 e. The van der Waals surface area contributed by atoms with Crippen LogP contribution < -0.4 is 15.1 Å². The lowest BCUT2D eigenvalue weighted by Crippen LogP contribution is -2.36. The number of likely N-dealkylation sites (N-methyl/N-ethyl adjacent to an activating group) is 1. The first-order valence-electron chi connectivity index (χ1n) is 8.85. The van der Waals surface area contributed by atoms with Gasteiger partial charge in [-0.15, -0.1) is 0 Å². The molecule has 0 radical (unpaired) electrons. The Morgan fingerprint density at radius 3 is 2.38 bits per heavy atom. The Labute approximate surface area is 171 Å². The van der Waals surface area contributed by atoms with E-state index in [2.05, 4.69) is 10.5 Å². The van der Waals surface area contributed by atoms with Crippen LogP contribution in [0.1, 0.15) is 11.1 Å². The maximum Gasteiger partial charge on any atom is 0.255 e. The van der Waals surface area contributed by atoms with E-state index in [1.54, 1.807) is 19.1 Å². The van der Waals surface area contributed by atoms with Crippen molar-refractivity contribution in [3.05, 3.63) is 53.6 Å². The molecule has 1 N–H and O–H groups in total. The van der Waals surface area contributed by atoms with E-state index in [1.807, 2.05) is 43.3 Å². The van der Waals surface area contributed by atoms with Gasteiger partial charge in [-0.25, -0.2) is 13.8 Å². The highest BCUT2D eigenvalue weighted by molar-refractivity contribution is 7.89. The third-order valence-electron chi connectivity index (χ3n) is 4.19. The maximum absolute atomic E-state index is 12.8. The SMILES string of the molecule is COc1ccc(C)cc1S(=O)(=O)N(C)CC(=O)N/N=C\c1ccc(N(C)C)cc1. The molecule has 1 amide bonds. The zero-order valence-electron chi connectivity index (χ0n) is 17.2. The van der Waals surface area contributed by atoms with Gasteiger partial charge in [-0.05, 0) is 42.3 Å².